The summed E-state index contributed by atoms with van der Waals surface area (Å²) >= 11 is 0. The van der Waals surface area contributed by atoms with Crippen LogP contribution in [0.4, 0.5) is 5.95 Å². The first-order valence-electron chi connectivity index (χ1n) is 20.1. The van der Waals surface area contributed by atoms with Gasteiger partial charge in [0.15, 0.2) is 0 Å². The van der Waals surface area contributed by atoms with Crippen molar-refractivity contribution in [2.24, 2.45) is 5.92 Å². The van der Waals surface area contributed by atoms with Gasteiger partial charge in [-0.05, 0) is 72.0 Å². The summed E-state index contributed by atoms with van der Waals surface area (Å²) in [6.45, 7) is 8.19. The number of hydrogen-bond acceptors (Lipinski definition) is 8. The number of rotatable bonds is 13. The second-order valence-corrected chi connectivity index (χ2v) is 15.2. The van der Waals surface area contributed by atoms with Crippen LogP contribution in [0.25, 0.3) is 33.6 Å². The second kappa shape index (κ2) is 16.9. The van der Waals surface area contributed by atoms with Crippen molar-refractivity contribution < 1.29 is 9.59 Å². The molecule has 2 saturated heterocycles. The smallest absolute Gasteiger partial charge is 0.246 e. The van der Waals surface area contributed by atoms with Gasteiger partial charge in [0.2, 0.25) is 17.8 Å². The summed E-state index contributed by atoms with van der Waals surface area (Å²) in [6, 6.07) is 27.6. The lowest BCUT2D eigenvalue weighted by Gasteiger charge is -2.30. The van der Waals surface area contributed by atoms with Crippen LogP contribution >= 0.6 is 0 Å². The zero-order valence-corrected chi connectivity index (χ0v) is 32.7. The summed E-state index contributed by atoms with van der Waals surface area (Å²) in [5.41, 5.74) is 7.09. The van der Waals surface area contributed by atoms with Crippen molar-refractivity contribution in [2.75, 3.05) is 25.0 Å². The molecule has 0 radical (unpaired) electrons. The summed E-state index contributed by atoms with van der Waals surface area (Å²) in [6.07, 6.45) is 10.7. The number of amides is 2. The Morgan fingerprint density at radius 1 is 0.684 bits per heavy atom. The molecule has 6 aromatic rings. The van der Waals surface area contributed by atoms with E-state index in [0.717, 1.165) is 76.5 Å². The molecule has 8 rings (SSSR count). The van der Waals surface area contributed by atoms with Crippen LogP contribution in [0.1, 0.15) is 81.8 Å². The van der Waals surface area contributed by atoms with Gasteiger partial charge in [0.05, 0.1) is 35.9 Å². The number of H-pyrrole nitrogens is 2. The van der Waals surface area contributed by atoms with Gasteiger partial charge in [0.25, 0.3) is 0 Å². The van der Waals surface area contributed by atoms with Gasteiger partial charge in [-0.1, -0.05) is 99.6 Å². The third-order valence-corrected chi connectivity index (χ3v) is 11.2. The van der Waals surface area contributed by atoms with Crippen molar-refractivity contribution in [3.63, 3.8) is 0 Å². The second-order valence-electron chi connectivity index (χ2n) is 15.2. The molecule has 0 unspecified atom stereocenters. The normalized spacial score (nSPS) is 17.9. The molecule has 2 fully saturated rings. The molecule has 4 atom stereocenters. The van der Waals surface area contributed by atoms with Crippen LogP contribution in [-0.2, 0) is 9.59 Å². The van der Waals surface area contributed by atoms with E-state index in [2.05, 4.69) is 79.1 Å². The van der Waals surface area contributed by atoms with E-state index in [1.54, 1.807) is 18.5 Å². The molecule has 2 amide bonds. The number of nitrogens with one attached hydrogen (secondary N) is 4. The van der Waals surface area contributed by atoms with Gasteiger partial charge in [0.1, 0.15) is 23.7 Å². The summed E-state index contributed by atoms with van der Waals surface area (Å²) in [4.78, 5) is 56.7. The van der Waals surface area contributed by atoms with Crippen LogP contribution in [-0.4, -0.2) is 77.2 Å². The molecule has 0 bridgehead atoms. The van der Waals surface area contributed by atoms with Gasteiger partial charge < -0.3 is 30.4 Å². The zero-order valence-electron chi connectivity index (χ0n) is 32.7. The summed E-state index contributed by atoms with van der Waals surface area (Å²) < 4.78 is 0. The molecule has 57 heavy (non-hydrogen) atoms. The van der Waals surface area contributed by atoms with E-state index in [4.69, 9.17) is 9.97 Å². The number of nitrogens with zero attached hydrogens (tertiary/aromatic N) is 6. The van der Waals surface area contributed by atoms with Crippen molar-refractivity contribution in [3.8, 4) is 33.6 Å². The molecule has 292 valence electrons. The van der Waals surface area contributed by atoms with E-state index in [-0.39, 0.29) is 35.9 Å². The van der Waals surface area contributed by atoms with Crippen LogP contribution in [0.2, 0.25) is 0 Å². The topological polar surface area (TPSA) is 148 Å². The molecule has 12 heteroatoms. The van der Waals surface area contributed by atoms with Crippen LogP contribution in [0.15, 0.2) is 110 Å². The number of imidazole rings is 2. The average Bonchev–Trinajstić information content (AvgIpc) is 4.10. The fourth-order valence-corrected chi connectivity index (χ4v) is 8.19. The minimum atomic E-state index is -0.442. The number of aromatic nitrogens is 6. The predicted molar refractivity (Wildman–Crippen MR) is 222 cm³/mol. The maximum Gasteiger partial charge on any atom is 0.246 e. The fourth-order valence-electron chi connectivity index (χ4n) is 8.19. The number of benzene rings is 3. The van der Waals surface area contributed by atoms with Gasteiger partial charge in [0, 0.05) is 25.5 Å². The number of carbonyl (C=O) groups is 2. The highest BCUT2D eigenvalue weighted by atomic mass is 16.2. The van der Waals surface area contributed by atoms with Crippen LogP contribution in [0.5, 0.6) is 0 Å². The van der Waals surface area contributed by atoms with Gasteiger partial charge in [-0.15, -0.1) is 0 Å². The Morgan fingerprint density at radius 2 is 1.19 bits per heavy atom. The highest BCUT2D eigenvalue weighted by Crippen LogP contribution is 2.36. The van der Waals surface area contributed by atoms with E-state index in [0.29, 0.717) is 25.6 Å². The Balaban J connectivity index is 0.917. The molecular formula is C45H50N10O2. The summed E-state index contributed by atoms with van der Waals surface area (Å²) in [5, 5.41) is 6.65. The quantitative estimate of drug-likeness (QED) is 0.0935. The van der Waals surface area contributed by atoms with E-state index in [1.165, 1.54) is 0 Å². The van der Waals surface area contributed by atoms with Gasteiger partial charge in [-0.25, -0.2) is 19.9 Å². The minimum Gasteiger partial charge on any atom is -0.342 e. The Kier molecular flexibility index (Phi) is 11.2. The van der Waals surface area contributed by atoms with Gasteiger partial charge in [-0.2, -0.15) is 0 Å². The lowest BCUT2D eigenvalue weighted by Crippen LogP contribution is -2.45. The molecule has 3 aromatic heterocycles. The highest BCUT2D eigenvalue weighted by Gasteiger charge is 2.38. The van der Waals surface area contributed by atoms with Gasteiger partial charge in [-0.3, -0.25) is 9.59 Å². The first kappa shape index (κ1) is 37.8. The zero-order chi connectivity index (χ0) is 39.3. The molecular weight excluding hydrogens is 713 g/mol. The molecule has 5 heterocycles. The maximum absolute atomic E-state index is 13.8. The minimum absolute atomic E-state index is 0.0333. The van der Waals surface area contributed by atoms with Gasteiger partial charge >= 0.3 is 0 Å². The van der Waals surface area contributed by atoms with Crippen molar-refractivity contribution >= 4 is 17.8 Å². The number of likely N-dealkylation sites (N-methyl/N-ethyl adjacent to an activating group) is 1. The number of anilines is 1. The third kappa shape index (κ3) is 8.08. The average molecular weight is 763 g/mol. The Bertz CT molecular complexity index is 2250. The lowest BCUT2D eigenvalue weighted by atomic mass is 10.0. The molecule has 0 saturated carbocycles. The fraction of sp³-hybridized carbons (Fsp3) is 0.333. The van der Waals surface area contributed by atoms with E-state index < -0.39 is 6.04 Å². The van der Waals surface area contributed by atoms with E-state index >= 15 is 0 Å². The molecule has 0 spiro atoms. The Hall–Kier alpha value is -6.14. The lowest BCUT2D eigenvalue weighted by molar-refractivity contribution is -0.135. The number of likely N-dealkylation sites (tertiary alicyclic amines) is 2. The molecule has 4 N–H and O–H groups in total. The van der Waals surface area contributed by atoms with E-state index in [1.807, 2.05) is 73.3 Å². The van der Waals surface area contributed by atoms with Crippen molar-refractivity contribution in [1.29, 1.82) is 0 Å². The number of carbonyl (C=O) groups excluding carboxylic acids is 2. The Labute approximate surface area is 333 Å². The monoisotopic (exact) mass is 762 g/mol. The molecule has 2 aliphatic heterocycles. The Morgan fingerprint density at radius 3 is 1.70 bits per heavy atom. The number of aromatic amines is 2. The van der Waals surface area contributed by atoms with Crippen LogP contribution < -0.4 is 10.6 Å². The summed E-state index contributed by atoms with van der Waals surface area (Å²) in [5.74, 6) is 2.24. The SMILES string of the molecule is CCN[C@@H](C(=O)N1CCC[C@H]1c1ncc(-c2ccc(-c3ccc(-c4cnc([C@@H]5CCCN5C(=O)[C@H](Nc5ncccn5)C(C)C)[nH]4)cc3)cc2)[nH]1)c1ccccc1. The number of hydrogen-bond donors (Lipinski definition) is 4. The van der Waals surface area contributed by atoms with Crippen LogP contribution in [0, 0.1) is 5.92 Å². The molecule has 2 aliphatic rings. The van der Waals surface area contributed by atoms with Crippen molar-refractivity contribution in [3.05, 3.63) is 127 Å². The molecule has 0 aliphatic carbocycles. The predicted octanol–water partition coefficient (Wildman–Crippen LogP) is 7.74. The van der Waals surface area contributed by atoms with Crippen LogP contribution in [0.3, 0.4) is 0 Å². The molecule has 3 aromatic carbocycles. The molecule has 12 nitrogen and oxygen atoms in total. The maximum atomic E-state index is 13.8. The summed E-state index contributed by atoms with van der Waals surface area (Å²) in [7, 11) is 0. The largest absolute Gasteiger partial charge is 0.342 e. The highest BCUT2D eigenvalue weighted by molar-refractivity contribution is 5.85. The first-order valence-corrected chi connectivity index (χ1v) is 20.1. The third-order valence-electron chi connectivity index (χ3n) is 11.2. The first-order chi connectivity index (χ1) is 27.9. The van der Waals surface area contributed by atoms with E-state index in [9.17, 15) is 9.59 Å². The standard InChI is InChI=1S/C45H50N10O2/c1-4-46-40(34-11-6-5-7-12-34)44(57)55-26-9-14-38(55)42-50-28-36(52-42)33-21-17-31(18-22-33)30-15-19-32(20-16-30)35-27-49-41(51-35)37-13-8-25-54(37)43(56)39(29(2)3)53-45-47-23-10-24-48-45/h5-7,10-12,15-24,27-29,37-40,46H,4,8-9,13-14,25-26H2,1-3H3,(H,49,51)(H,50,52)(H,47,48,53)/t37-,38-,39+,40+/m0/s1. The van der Waals surface area contributed by atoms with Crippen molar-refractivity contribution in [2.45, 2.75) is 70.6 Å². The van der Waals surface area contributed by atoms with Crippen molar-refractivity contribution in [1.82, 2.24) is 45.0 Å².